The summed E-state index contributed by atoms with van der Waals surface area (Å²) in [6, 6.07) is 3.27. The summed E-state index contributed by atoms with van der Waals surface area (Å²) in [5, 5.41) is 12.3. The van der Waals surface area contributed by atoms with Crippen LogP contribution in [0.5, 0.6) is 0 Å². The fraction of sp³-hybridized carbons (Fsp3) is 0.500. The fourth-order valence-corrected chi connectivity index (χ4v) is 3.04. The van der Waals surface area contributed by atoms with Crippen LogP contribution in [-0.4, -0.2) is 23.0 Å². The number of aliphatic carboxylic acids is 1. The molecule has 120 valence electrons. The molecule has 1 aliphatic rings. The van der Waals surface area contributed by atoms with Crippen LogP contribution in [0.1, 0.15) is 48.9 Å². The zero-order valence-corrected chi connectivity index (χ0v) is 12.9. The van der Waals surface area contributed by atoms with E-state index in [2.05, 4.69) is 5.32 Å². The molecule has 0 spiro atoms. The largest absolute Gasteiger partial charge is 0.481 e. The van der Waals surface area contributed by atoms with Gasteiger partial charge in [-0.3, -0.25) is 9.59 Å². The summed E-state index contributed by atoms with van der Waals surface area (Å²) in [5.74, 6) is -2.83. The Balaban J connectivity index is 2.15. The SMILES string of the molecule is O=C(NC1CCCCCCC1C(=O)O)c1cc(Cl)ccc1F. The Bertz CT molecular complexity index is 564. The van der Waals surface area contributed by atoms with Crippen LogP contribution in [0.15, 0.2) is 18.2 Å². The molecule has 1 aromatic rings. The van der Waals surface area contributed by atoms with Crippen LogP contribution in [0.2, 0.25) is 5.02 Å². The molecule has 1 aliphatic carbocycles. The summed E-state index contributed by atoms with van der Waals surface area (Å²) in [7, 11) is 0. The quantitative estimate of drug-likeness (QED) is 0.890. The molecule has 1 saturated carbocycles. The maximum atomic E-state index is 13.7. The van der Waals surface area contributed by atoms with Crippen molar-refractivity contribution in [2.75, 3.05) is 0 Å². The highest BCUT2D eigenvalue weighted by atomic mass is 35.5. The molecule has 6 heteroatoms. The van der Waals surface area contributed by atoms with E-state index in [1.807, 2.05) is 0 Å². The van der Waals surface area contributed by atoms with E-state index in [-0.39, 0.29) is 10.6 Å². The van der Waals surface area contributed by atoms with Crippen LogP contribution in [0.4, 0.5) is 4.39 Å². The van der Waals surface area contributed by atoms with Crippen LogP contribution < -0.4 is 5.32 Å². The highest BCUT2D eigenvalue weighted by Gasteiger charge is 2.30. The molecule has 0 bridgehead atoms. The summed E-state index contributed by atoms with van der Waals surface area (Å²) < 4.78 is 13.7. The number of carboxylic acid groups (broad SMARTS) is 1. The minimum absolute atomic E-state index is 0.154. The first kappa shape index (κ1) is 16.7. The van der Waals surface area contributed by atoms with Gasteiger partial charge in [0.1, 0.15) is 5.82 Å². The monoisotopic (exact) mass is 327 g/mol. The molecule has 2 atom stereocenters. The third-order valence-corrected chi connectivity index (χ3v) is 4.31. The van der Waals surface area contributed by atoms with Gasteiger partial charge in [0.15, 0.2) is 0 Å². The summed E-state index contributed by atoms with van der Waals surface area (Å²) in [4.78, 5) is 23.7. The number of benzene rings is 1. The molecule has 2 N–H and O–H groups in total. The number of nitrogens with one attached hydrogen (secondary N) is 1. The van der Waals surface area contributed by atoms with E-state index in [4.69, 9.17) is 11.6 Å². The minimum atomic E-state index is -0.918. The third kappa shape index (κ3) is 4.19. The zero-order chi connectivity index (χ0) is 16.1. The van der Waals surface area contributed by atoms with Gasteiger partial charge in [-0.05, 0) is 31.0 Å². The van der Waals surface area contributed by atoms with Gasteiger partial charge in [0, 0.05) is 11.1 Å². The van der Waals surface area contributed by atoms with Gasteiger partial charge < -0.3 is 10.4 Å². The number of halogens is 2. The first-order chi connectivity index (χ1) is 10.5. The molecular weight excluding hydrogens is 309 g/mol. The highest BCUT2D eigenvalue weighted by Crippen LogP contribution is 2.24. The standard InChI is InChI=1S/C16H19ClFNO3/c17-10-7-8-13(18)12(9-10)15(20)19-14-6-4-2-1-3-5-11(14)16(21)22/h7-9,11,14H,1-6H2,(H,19,20)(H,21,22). The third-order valence-electron chi connectivity index (χ3n) is 4.07. The van der Waals surface area contributed by atoms with Crippen LogP contribution >= 0.6 is 11.6 Å². The van der Waals surface area contributed by atoms with Crippen LogP contribution in [0.25, 0.3) is 0 Å². The second kappa shape index (κ2) is 7.58. The van der Waals surface area contributed by atoms with E-state index in [0.717, 1.165) is 31.7 Å². The molecule has 2 unspecified atom stereocenters. The van der Waals surface area contributed by atoms with Crippen LogP contribution in [-0.2, 0) is 4.79 Å². The predicted octanol–water partition coefficient (Wildman–Crippen LogP) is 3.63. The van der Waals surface area contributed by atoms with E-state index in [1.54, 1.807) is 0 Å². The van der Waals surface area contributed by atoms with E-state index < -0.39 is 29.7 Å². The number of rotatable bonds is 3. The number of hydrogen-bond acceptors (Lipinski definition) is 2. The molecule has 1 amide bonds. The molecule has 1 fully saturated rings. The van der Waals surface area contributed by atoms with Crippen molar-refractivity contribution in [1.29, 1.82) is 0 Å². The minimum Gasteiger partial charge on any atom is -0.481 e. The molecular formula is C16H19ClFNO3. The fourth-order valence-electron chi connectivity index (χ4n) is 2.87. The van der Waals surface area contributed by atoms with Gasteiger partial charge in [0.2, 0.25) is 0 Å². The van der Waals surface area contributed by atoms with Crippen molar-refractivity contribution in [2.45, 2.75) is 44.6 Å². The zero-order valence-electron chi connectivity index (χ0n) is 12.1. The lowest BCUT2D eigenvalue weighted by Gasteiger charge is -2.27. The first-order valence-electron chi connectivity index (χ1n) is 7.48. The second-order valence-corrected chi connectivity index (χ2v) is 6.08. The van der Waals surface area contributed by atoms with E-state index >= 15 is 0 Å². The maximum Gasteiger partial charge on any atom is 0.308 e. The van der Waals surface area contributed by atoms with Gasteiger partial charge in [-0.1, -0.05) is 37.3 Å². The summed E-state index contributed by atoms with van der Waals surface area (Å²) in [5.41, 5.74) is -0.154. The lowest BCUT2D eigenvalue weighted by atomic mass is 9.86. The molecule has 1 aromatic carbocycles. The molecule has 0 aliphatic heterocycles. The van der Waals surface area contributed by atoms with E-state index in [0.29, 0.717) is 12.8 Å². The van der Waals surface area contributed by atoms with E-state index in [1.165, 1.54) is 12.1 Å². The maximum absolute atomic E-state index is 13.7. The lowest BCUT2D eigenvalue weighted by molar-refractivity contribution is -0.143. The molecule has 4 nitrogen and oxygen atoms in total. The van der Waals surface area contributed by atoms with Gasteiger partial charge in [-0.25, -0.2) is 4.39 Å². The van der Waals surface area contributed by atoms with Crippen LogP contribution in [0.3, 0.4) is 0 Å². The molecule has 0 aromatic heterocycles. The summed E-state index contributed by atoms with van der Waals surface area (Å²) >= 11 is 5.79. The average Bonchev–Trinajstić information content (AvgIpc) is 2.44. The normalized spacial score (nSPS) is 22.5. The Morgan fingerprint density at radius 3 is 2.55 bits per heavy atom. The van der Waals surface area contributed by atoms with Crippen molar-refractivity contribution in [1.82, 2.24) is 5.32 Å². The second-order valence-electron chi connectivity index (χ2n) is 5.64. The number of carboxylic acids is 1. The number of hydrogen-bond donors (Lipinski definition) is 2. The van der Waals surface area contributed by atoms with Gasteiger partial charge in [-0.2, -0.15) is 0 Å². The first-order valence-corrected chi connectivity index (χ1v) is 7.85. The van der Waals surface area contributed by atoms with Crippen molar-refractivity contribution in [3.05, 3.63) is 34.6 Å². The topological polar surface area (TPSA) is 66.4 Å². The molecule has 2 rings (SSSR count). The van der Waals surface area contributed by atoms with Gasteiger partial charge in [-0.15, -0.1) is 0 Å². The average molecular weight is 328 g/mol. The molecule has 0 saturated heterocycles. The lowest BCUT2D eigenvalue weighted by Crippen LogP contribution is -2.44. The smallest absolute Gasteiger partial charge is 0.308 e. The van der Waals surface area contributed by atoms with Crippen molar-refractivity contribution < 1.29 is 19.1 Å². The molecule has 0 heterocycles. The summed E-state index contributed by atoms with van der Waals surface area (Å²) in [6.07, 6.45) is 4.82. The van der Waals surface area contributed by atoms with Crippen molar-refractivity contribution in [2.24, 2.45) is 5.92 Å². The highest BCUT2D eigenvalue weighted by molar-refractivity contribution is 6.31. The number of carbonyl (C=O) groups excluding carboxylic acids is 1. The van der Waals surface area contributed by atoms with Crippen molar-refractivity contribution >= 4 is 23.5 Å². The number of amides is 1. The van der Waals surface area contributed by atoms with Gasteiger partial charge in [0.05, 0.1) is 11.5 Å². The Kier molecular flexibility index (Phi) is 5.77. The molecule has 0 radical (unpaired) electrons. The Morgan fingerprint density at radius 2 is 1.86 bits per heavy atom. The Labute approximate surface area is 133 Å². The van der Waals surface area contributed by atoms with Gasteiger partial charge in [0.25, 0.3) is 5.91 Å². The summed E-state index contributed by atoms with van der Waals surface area (Å²) in [6.45, 7) is 0. The Morgan fingerprint density at radius 1 is 1.18 bits per heavy atom. The van der Waals surface area contributed by atoms with Gasteiger partial charge >= 0.3 is 5.97 Å². The van der Waals surface area contributed by atoms with Crippen LogP contribution in [0, 0.1) is 11.7 Å². The Hall–Kier alpha value is -1.62. The van der Waals surface area contributed by atoms with E-state index in [9.17, 15) is 19.1 Å². The van der Waals surface area contributed by atoms with Crippen molar-refractivity contribution in [3.63, 3.8) is 0 Å². The predicted molar refractivity (Wildman–Crippen MR) is 81.5 cm³/mol. The van der Waals surface area contributed by atoms with Crippen molar-refractivity contribution in [3.8, 4) is 0 Å². The number of carbonyl (C=O) groups is 2. The molecule has 22 heavy (non-hydrogen) atoms.